The molecule has 1 aromatic heterocycles. The molecule has 0 bridgehead atoms. The zero-order chi connectivity index (χ0) is 26.1. The fourth-order valence-corrected chi connectivity index (χ4v) is 7.50. The normalized spacial score (nSPS) is 20.9. The highest BCUT2D eigenvalue weighted by molar-refractivity contribution is 5.91. The molecule has 2 saturated heterocycles. The van der Waals surface area contributed by atoms with E-state index in [1.807, 2.05) is 6.07 Å². The summed E-state index contributed by atoms with van der Waals surface area (Å²) < 4.78 is 11.0. The first-order valence-corrected chi connectivity index (χ1v) is 14.9. The lowest BCUT2D eigenvalue weighted by molar-refractivity contribution is 0.0810. The van der Waals surface area contributed by atoms with Gasteiger partial charge in [-0.2, -0.15) is 0 Å². The van der Waals surface area contributed by atoms with Crippen molar-refractivity contribution >= 4 is 10.9 Å². The van der Waals surface area contributed by atoms with Gasteiger partial charge in [-0.25, -0.2) is 0 Å². The van der Waals surface area contributed by atoms with E-state index in [0.29, 0.717) is 5.92 Å². The molecule has 3 heterocycles. The molecule has 3 fully saturated rings. The van der Waals surface area contributed by atoms with Gasteiger partial charge >= 0.3 is 0 Å². The lowest BCUT2D eigenvalue weighted by atomic mass is 9.87. The molecule has 0 amide bonds. The van der Waals surface area contributed by atoms with Crippen LogP contribution in [0.5, 0.6) is 11.5 Å². The number of hydrogen-bond acceptors (Lipinski definition) is 4. The van der Waals surface area contributed by atoms with Crippen molar-refractivity contribution in [3.05, 3.63) is 47.5 Å². The van der Waals surface area contributed by atoms with Crippen LogP contribution in [0, 0.1) is 12.8 Å². The number of methoxy groups -OCH3 is 2. The second-order valence-corrected chi connectivity index (χ2v) is 12.0. The number of nitrogens with zero attached hydrogens (tertiary/aromatic N) is 2. The first-order valence-electron chi connectivity index (χ1n) is 14.9. The van der Waals surface area contributed by atoms with Crippen LogP contribution in [0.25, 0.3) is 22.2 Å². The number of benzene rings is 2. The van der Waals surface area contributed by atoms with E-state index in [2.05, 4.69) is 52.0 Å². The molecule has 2 aliphatic heterocycles. The molecule has 2 aromatic carbocycles. The lowest BCUT2D eigenvalue weighted by Gasteiger charge is -2.42. The minimum absolute atomic E-state index is 0.664. The summed E-state index contributed by atoms with van der Waals surface area (Å²) in [6, 6.07) is 14.0. The van der Waals surface area contributed by atoms with Gasteiger partial charge in [0.05, 0.1) is 14.2 Å². The Labute approximate surface area is 228 Å². The van der Waals surface area contributed by atoms with Crippen molar-refractivity contribution in [2.45, 2.75) is 70.3 Å². The monoisotopic (exact) mass is 515 g/mol. The molecule has 204 valence electrons. The van der Waals surface area contributed by atoms with Crippen LogP contribution in [0.3, 0.4) is 0 Å². The fraction of sp³-hybridized carbons (Fsp3) is 0.576. The number of nitrogens with one attached hydrogen (secondary N) is 1. The van der Waals surface area contributed by atoms with Crippen molar-refractivity contribution in [3.8, 4) is 22.8 Å². The largest absolute Gasteiger partial charge is 0.493 e. The second-order valence-electron chi connectivity index (χ2n) is 12.0. The van der Waals surface area contributed by atoms with Gasteiger partial charge in [0.2, 0.25) is 0 Å². The van der Waals surface area contributed by atoms with Gasteiger partial charge in [-0.05, 0) is 125 Å². The number of likely N-dealkylation sites (tertiary alicyclic amines) is 2. The highest BCUT2D eigenvalue weighted by Gasteiger charge is 2.30. The van der Waals surface area contributed by atoms with E-state index in [1.54, 1.807) is 14.2 Å². The Bertz CT molecular complexity index is 1230. The van der Waals surface area contributed by atoms with Crippen molar-refractivity contribution < 1.29 is 9.47 Å². The van der Waals surface area contributed by atoms with Gasteiger partial charge in [-0.1, -0.05) is 18.9 Å². The van der Waals surface area contributed by atoms with E-state index in [1.165, 1.54) is 106 Å². The number of H-pyrrole nitrogens is 1. The smallest absolute Gasteiger partial charge is 0.161 e. The third-order valence-electron chi connectivity index (χ3n) is 9.82. The third-order valence-corrected chi connectivity index (χ3v) is 9.82. The molecule has 3 aliphatic rings. The number of hydrogen-bond donors (Lipinski definition) is 1. The Balaban J connectivity index is 1.09. The summed E-state index contributed by atoms with van der Waals surface area (Å²) in [5.74, 6) is 3.17. The summed E-state index contributed by atoms with van der Waals surface area (Å²) in [5.41, 5.74) is 6.30. The van der Waals surface area contributed by atoms with E-state index in [0.717, 1.165) is 34.7 Å². The van der Waals surface area contributed by atoms with Gasteiger partial charge in [-0.3, -0.25) is 0 Å². The molecule has 3 aromatic rings. The first kappa shape index (κ1) is 25.8. The highest BCUT2D eigenvalue weighted by Crippen LogP contribution is 2.38. The van der Waals surface area contributed by atoms with Crippen molar-refractivity contribution in [2.24, 2.45) is 5.92 Å². The molecule has 0 unspecified atom stereocenters. The van der Waals surface area contributed by atoms with E-state index in [9.17, 15) is 0 Å². The quantitative estimate of drug-likeness (QED) is 0.368. The Morgan fingerprint density at radius 1 is 0.816 bits per heavy atom. The zero-order valence-electron chi connectivity index (χ0n) is 23.6. The predicted octanol–water partition coefficient (Wildman–Crippen LogP) is 6.99. The van der Waals surface area contributed by atoms with Gasteiger partial charge < -0.3 is 24.3 Å². The van der Waals surface area contributed by atoms with Gasteiger partial charge in [0, 0.05) is 34.7 Å². The molecular weight excluding hydrogens is 470 g/mol. The summed E-state index contributed by atoms with van der Waals surface area (Å²) in [7, 11) is 3.37. The summed E-state index contributed by atoms with van der Waals surface area (Å²) >= 11 is 0. The molecule has 1 N–H and O–H groups in total. The lowest BCUT2D eigenvalue weighted by Crippen LogP contribution is -2.48. The van der Waals surface area contributed by atoms with Crippen LogP contribution in [0.4, 0.5) is 0 Å². The number of aromatic amines is 1. The number of aryl methyl sites for hydroxylation is 1. The molecule has 6 rings (SSSR count). The topological polar surface area (TPSA) is 40.7 Å². The van der Waals surface area contributed by atoms with Crippen LogP contribution in [0.1, 0.15) is 68.4 Å². The summed E-state index contributed by atoms with van der Waals surface area (Å²) in [5, 5.41) is 1.34. The molecule has 0 radical (unpaired) electrons. The zero-order valence-corrected chi connectivity index (χ0v) is 23.6. The summed E-state index contributed by atoms with van der Waals surface area (Å²) in [6.07, 6.45) is 11.2. The minimum atomic E-state index is 0.664. The molecule has 1 aliphatic carbocycles. The number of rotatable bonds is 7. The Morgan fingerprint density at radius 2 is 1.55 bits per heavy atom. The van der Waals surface area contributed by atoms with Gasteiger partial charge in [0.15, 0.2) is 11.5 Å². The van der Waals surface area contributed by atoms with Crippen LogP contribution in [0.2, 0.25) is 0 Å². The van der Waals surface area contributed by atoms with Crippen LogP contribution in [-0.4, -0.2) is 67.8 Å². The Hall–Kier alpha value is -2.50. The standard InChI is InChI=1S/C33H45N3O2/c1-23-29-20-26(8-10-30(29)34-33(23)27-9-11-31(37-2)32(21-27)38-3)25-12-18-36(19-13-25)28-14-16-35(17-15-28)22-24-6-4-5-7-24/h8-11,20-21,24-25,28,34H,4-7,12-19,22H2,1-3H3. The number of ether oxygens (including phenoxy) is 2. The van der Waals surface area contributed by atoms with E-state index >= 15 is 0 Å². The van der Waals surface area contributed by atoms with Crippen LogP contribution < -0.4 is 9.47 Å². The average molecular weight is 516 g/mol. The molecule has 0 spiro atoms. The Morgan fingerprint density at radius 3 is 2.26 bits per heavy atom. The van der Waals surface area contributed by atoms with Gasteiger partial charge in [-0.15, -0.1) is 0 Å². The van der Waals surface area contributed by atoms with E-state index in [-0.39, 0.29) is 0 Å². The minimum Gasteiger partial charge on any atom is -0.493 e. The first-order chi connectivity index (χ1) is 18.6. The molecule has 5 nitrogen and oxygen atoms in total. The maximum absolute atomic E-state index is 5.55. The molecule has 5 heteroatoms. The van der Waals surface area contributed by atoms with Crippen molar-refractivity contribution in [1.82, 2.24) is 14.8 Å². The number of piperidine rings is 2. The number of fused-ring (bicyclic) bond motifs is 1. The number of aromatic nitrogens is 1. The van der Waals surface area contributed by atoms with Crippen molar-refractivity contribution in [1.29, 1.82) is 0 Å². The van der Waals surface area contributed by atoms with Crippen molar-refractivity contribution in [2.75, 3.05) is 46.9 Å². The third kappa shape index (κ3) is 5.20. The molecule has 38 heavy (non-hydrogen) atoms. The Kier molecular flexibility index (Phi) is 7.67. The van der Waals surface area contributed by atoms with Gasteiger partial charge in [0.25, 0.3) is 0 Å². The SMILES string of the molecule is COc1ccc(-c2[nH]c3ccc(C4CCN(C5CCN(CC6CCCC6)CC5)CC4)cc3c2C)cc1OC. The summed E-state index contributed by atoms with van der Waals surface area (Å²) in [4.78, 5) is 9.25. The summed E-state index contributed by atoms with van der Waals surface area (Å²) in [6.45, 7) is 8.72. The molecule has 0 atom stereocenters. The molecule has 1 saturated carbocycles. The molecular formula is C33H45N3O2. The van der Waals surface area contributed by atoms with E-state index in [4.69, 9.17) is 9.47 Å². The van der Waals surface area contributed by atoms with Crippen molar-refractivity contribution in [3.63, 3.8) is 0 Å². The fourth-order valence-electron chi connectivity index (χ4n) is 7.50. The van der Waals surface area contributed by atoms with Crippen LogP contribution >= 0.6 is 0 Å². The van der Waals surface area contributed by atoms with Crippen LogP contribution in [-0.2, 0) is 0 Å². The maximum Gasteiger partial charge on any atom is 0.161 e. The van der Waals surface area contributed by atoms with Crippen LogP contribution in [0.15, 0.2) is 36.4 Å². The predicted molar refractivity (Wildman–Crippen MR) is 157 cm³/mol. The highest BCUT2D eigenvalue weighted by atomic mass is 16.5. The van der Waals surface area contributed by atoms with Gasteiger partial charge in [0.1, 0.15) is 0 Å². The van der Waals surface area contributed by atoms with E-state index < -0.39 is 0 Å². The second kappa shape index (κ2) is 11.3. The maximum atomic E-state index is 5.55. The average Bonchev–Trinajstić information content (AvgIpc) is 3.60.